The van der Waals surface area contributed by atoms with Gasteiger partial charge in [0.25, 0.3) is 0 Å². The molecule has 0 radical (unpaired) electrons. The van der Waals surface area contributed by atoms with Gasteiger partial charge in [0, 0.05) is 18.5 Å². The minimum absolute atomic E-state index is 0.140. The third kappa shape index (κ3) is 4.12. The predicted molar refractivity (Wildman–Crippen MR) is 108 cm³/mol. The van der Waals surface area contributed by atoms with E-state index in [1.165, 1.54) is 5.56 Å². The average Bonchev–Trinajstić information content (AvgIpc) is 3.15. The highest BCUT2D eigenvalue weighted by molar-refractivity contribution is 5.91. The molecular formula is C23H19N3O. The van der Waals surface area contributed by atoms with Crippen LogP contribution in [-0.2, 0) is 11.3 Å². The third-order valence-electron chi connectivity index (χ3n) is 4.30. The summed E-state index contributed by atoms with van der Waals surface area (Å²) >= 11 is 0. The molecule has 0 saturated carbocycles. The number of hydrogen-bond donors (Lipinski definition) is 1. The van der Waals surface area contributed by atoms with Crippen molar-refractivity contribution >= 4 is 17.6 Å². The molecule has 2 heterocycles. The Bertz CT molecular complexity index is 1050. The maximum Gasteiger partial charge on any atom is 0.244 e. The molecule has 0 aliphatic heterocycles. The van der Waals surface area contributed by atoms with Gasteiger partial charge in [0.15, 0.2) is 0 Å². The van der Waals surface area contributed by atoms with E-state index in [0.717, 1.165) is 22.5 Å². The SMILES string of the molecule is O=C(/C=C/c1ccc(-c2ccccc2)cc1)NCc1cn2ccccc2n1. The Morgan fingerprint density at radius 2 is 1.67 bits per heavy atom. The van der Waals surface area contributed by atoms with Crippen LogP contribution in [0.2, 0.25) is 0 Å². The van der Waals surface area contributed by atoms with Crippen LogP contribution < -0.4 is 5.32 Å². The van der Waals surface area contributed by atoms with Crippen LogP contribution in [0.5, 0.6) is 0 Å². The van der Waals surface area contributed by atoms with Crippen molar-refractivity contribution in [1.29, 1.82) is 0 Å². The van der Waals surface area contributed by atoms with Gasteiger partial charge in [0.2, 0.25) is 5.91 Å². The molecule has 2 aromatic heterocycles. The Morgan fingerprint density at radius 3 is 2.44 bits per heavy atom. The predicted octanol–water partition coefficient (Wildman–Crippen LogP) is 4.33. The van der Waals surface area contributed by atoms with E-state index in [9.17, 15) is 4.79 Å². The van der Waals surface area contributed by atoms with Gasteiger partial charge < -0.3 is 9.72 Å². The van der Waals surface area contributed by atoms with Gasteiger partial charge in [-0.3, -0.25) is 4.79 Å². The summed E-state index contributed by atoms with van der Waals surface area (Å²) in [5.74, 6) is -0.140. The second-order valence-electron chi connectivity index (χ2n) is 6.24. The highest BCUT2D eigenvalue weighted by Gasteiger charge is 2.02. The number of nitrogens with one attached hydrogen (secondary N) is 1. The van der Waals surface area contributed by atoms with Crippen molar-refractivity contribution in [2.45, 2.75) is 6.54 Å². The van der Waals surface area contributed by atoms with Crippen molar-refractivity contribution < 1.29 is 4.79 Å². The molecule has 4 nitrogen and oxygen atoms in total. The molecule has 0 spiro atoms. The third-order valence-corrected chi connectivity index (χ3v) is 4.30. The summed E-state index contributed by atoms with van der Waals surface area (Å²) in [6.07, 6.45) is 7.22. The number of fused-ring (bicyclic) bond motifs is 1. The number of nitrogens with zero attached hydrogens (tertiary/aromatic N) is 2. The lowest BCUT2D eigenvalue weighted by Gasteiger charge is -2.02. The van der Waals surface area contributed by atoms with Crippen LogP contribution in [0, 0.1) is 0 Å². The van der Waals surface area contributed by atoms with Gasteiger partial charge >= 0.3 is 0 Å². The molecule has 0 atom stereocenters. The summed E-state index contributed by atoms with van der Waals surface area (Å²) in [7, 11) is 0. The summed E-state index contributed by atoms with van der Waals surface area (Å²) in [6.45, 7) is 0.401. The summed E-state index contributed by atoms with van der Waals surface area (Å²) in [6, 6.07) is 24.2. The summed E-state index contributed by atoms with van der Waals surface area (Å²) in [4.78, 5) is 16.5. The van der Waals surface area contributed by atoms with Crippen LogP contribution in [0.3, 0.4) is 0 Å². The molecule has 27 heavy (non-hydrogen) atoms. The van der Waals surface area contributed by atoms with Crippen LogP contribution in [-0.4, -0.2) is 15.3 Å². The first-order valence-electron chi connectivity index (χ1n) is 8.82. The molecule has 2 aromatic carbocycles. The zero-order chi connectivity index (χ0) is 18.5. The molecule has 4 aromatic rings. The smallest absolute Gasteiger partial charge is 0.244 e. The van der Waals surface area contributed by atoms with Crippen molar-refractivity contribution in [3.8, 4) is 11.1 Å². The number of benzene rings is 2. The molecule has 0 bridgehead atoms. The molecule has 0 fully saturated rings. The minimum atomic E-state index is -0.140. The van der Waals surface area contributed by atoms with Crippen molar-refractivity contribution in [3.63, 3.8) is 0 Å². The van der Waals surface area contributed by atoms with Crippen molar-refractivity contribution in [1.82, 2.24) is 14.7 Å². The largest absolute Gasteiger partial charge is 0.347 e. The number of hydrogen-bond acceptors (Lipinski definition) is 2. The van der Waals surface area contributed by atoms with E-state index in [4.69, 9.17) is 0 Å². The second kappa shape index (κ2) is 7.70. The fourth-order valence-corrected chi connectivity index (χ4v) is 2.90. The number of carbonyl (C=O) groups is 1. The topological polar surface area (TPSA) is 46.4 Å². The molecule has 1 amide bonds. The Kier molecular flexibility index (Phi) is 4.79. The number of imidazole rings is 1. The van der Waals surface area contributed by atoms with Gasteiger partial charge in [-0.1, -0.05) is 60.7 Å². The van der Waals surface area contributed by atoms with Crippen LogP contribution in [0.15, 0.2) is 91.3 Å². The highest BCUT2D eigenvalue weighted by Crippen LogP contribution is 2.19. The minimum Gasteiger partial charge on any atom is -0.347 e. The van der Waals surface area contributed by atoms with Crippen molar-refractivity contribution in [3.05, 3.63) is 103 Å². The van der Waals surface area contributed by atoms with E-state index >= 15 is 0 Å². The van der Waals surface area contributed by atoms with E-state index in [2.05, 4.69) is 34.6 Å². The zero-order valence-corrected chi connectivity index (χ0v) is 14.7. The normalized spacial score (nSPS) is 11.1. The van der Waals surface area contributed by atoms with E-state index in [1.807, 2.05) is 71.4 Å². The van der Waals surface area contributed by atoms with Gasteiger partial charge in [0.05, 0.1) is 12.2 Å². The Hall–Kier alpha value is -3.66. The monoisotopic (exact) mass is 353 g/mol. The van der Waals surface area contributed by atoms with E-state index in [-0.39, 0.29) is 5.91 Å². The quantitative estimate of drug-likeness (QED) is 0.543. The van der Waals surface area contributed by atoms with Gasteiger partial charge in [-0.05, 0) is 34.9 Å². The van der Waals surface area contributed by atoms with Crippen molar-refractivity contribution in [2.24, 2.45) is 0 Å². The average molecular weight is 353 g/mol. The number of amides is 1. The number of pyridine rings is 1. The molecule has 0 unspecified atom stereocenters. The maximum absolute atomic E-state index is 12.1. The van der Waals surface area contributed by atoms with Crippen LogP contribution in [0.1, 0.15) is 11.3 Å². The molecule has 1 N–H and O–H groups in total. The number of rotatable bonds is 5. The lowest BCUT2D eigenvalue weighted by molar-refractivity contribution is -0.116. The Balaban J connectivity index is 1.35. The van der Waals surface area contributed by atoms with Crippen LogP contribution >= 0.6 is 0 Å². The molecule has 4 heteroatoms. The first-order chi connectivity index (χ1) is 13.3. The van der Waals surface area contributed by atoms with Gasteiger partial charge in [-0.25, -0.2) is 4.98 Å². The van der Waals surface area contributed by atoms with E-state index in [1.54, 1.807) is 6.08 Å². The fourth-order valence-electron chi connectivity index (χ4n) is 2.90. The second-order valence-corrected chi connectivity index (χ2v) is 6.24. The fraction of sp³-hybridized carbons (Fsp3) is 0.0435. The van der Waals surface area contributed by atoms with Gasteiger partial charge in [-0.2, -0.15) is 0 Å². The van der Waals surface area contributed by atoms with Gasteiger partial charge in [-0.15, -0.1) is 0 Å². The van der Waals surface area contributed by atoms with Crippen LogP contribution in [0.4, 0.5) is 0 Å². The zero-order valence-electron chi connectivity index (χ0n) is 14.7. The summed E-state index contributed by atoms with van der Waals surface area (Å²) < 4.78 is 1.94. The highest BCUT2D eigenvalue weighted by atomic mass is 16.1. The molecule has 0 aliphatic rings. The first kappa shape index (κ1) is 16.8. The molecule has 132 valence electrons. The lowest BCUT2D eigenvalue weighted by atomic mass is 10.0. The summed E-state index contributed by atoms with van der Waals surface area (Å²) in [5, 5.41) is 2.87. The molecule has 0 aliphatic carbocycles. The number of aromatic nitrogens is 2. The number of carbonyl (C=O) groups excluding carboxylic acids is 1. The molecule has 4 rings (SSSR count). The standard InChI is InChI=1S/C23H19N3O/c27-23(24-16-21-17-26-15-5-4-8-22(26)25-21)14-11-18-9-12-20(13-10-18)19-6-2-1-3-7-19/h1-15,17H,16H2,(H,24,27)/b14-11+. The Morgan fingerprint density at radius 1 is 0.926 bits per heavy atom. The lowest BCUT2D eigenvalue weighted by Crippen LogP contribution is -2.20. The van der Waals surface area contributed by atoms with Crippen molar-refractivity contribution in [2.75, 3.05) is 0 Å². The molecule has 0 saturated heterocycles. The van der Waals surface area contributed by atoms with Crippen LogP contribution in [0.25, 0.3) is 22.9 Å². The van der Waals surface area contributed by atoms with Gasteiger partial charge in [0.1, 0.15) is 5.65 Å². The summed E-state index contributed by atoms with van der Waals surface area (Å²) in [5.41, 5.74) is 5.02. The first-order valence-corrected chi connectivity index (χ1v) is 8.82. The molecular weight excluding hydrogens is 334 g/mol. The van der Waals surface area contributed by atoms with E-state index < -0.39 is 0 Å². The Labute approximate surface area is 157 Å². The van der Waals surface area contributed by atoms with E-state index in [0.29, 0.717) is 6.54 Å². The maximum atomic E-state index is 12.1.